The number of aryl methyl sites for hydroxylation is 1. The third kappa shape index (κ3) is 3.33. The third-order valence-corrected chi connectivity index (χ3v) is 4.14. The summed E-state index contributed by atoms with van der Waals surface area (Å²) in [6.07, 6.45) is 1.59. The minimum atomic E-state index is -0.330. The molecule has 2 heterocycles. The van der Waals surface area contributed by atoms with E-state index in [0.717, 1.165) is 10.9 Å². The van der Waals surface area contributed by atoms with Gasteiger partial charge in [0.1, 0.15) is 5.56 Å². The van der Waals surface area contributed by atoms with Crippen molar-refractivity contribution in [1.82, 2.24) is 14.8 Å². The topological polar surface area (TPSA) is 89.0 Å². The molecule has 7 heteroatoms. The zero-order valence-electron chi connectivity index (χ0n) is 15.5. The molecule has 136 valence electrons. The van der Waals surface area contributed by atoms with Crippen LogP contribution < -0.4 is 15.6 Å². The average molecular weight is 354 g/mol. The van der Waals surface area contributed by atoms with E-state index in [1.807, 2.05) is 12.1 Å². The molecule has 1 aromatic carbocycles. The Kier molecular flexibility index (Phi) is 4.31. The highest BCUT2D eigenvalue weighted by atomic mass is 16.5. The highest BCUT2D eigenvalue weighted by Crippen LogP contribution is 2.29. The molecule has 0 atom stereocenters. The van der Waals surface area contributed by atoms with Crippen molar-refractivity contribution in [3.8, 4) is 5.88 Å². The van der Waals surface area contributed by atoms with Crippen LogP contribution in [-0.2, 0) is 12.5 Å². The van der Waals surface area contributed by atoms with Gasteiger partial charge in [-0.05, 0) is 23.1 Å². The first-order valence-corrected chi connectivity index (χ1v) is 8.25. The number of methoxy groups -OCH3 is 1. The Balaban J connectivity index is 1.99. The van der Waals surface area contributed by atoms with E-state index in [0.29, 0.717) is 16.8 Å². The predicted octanol–water partition coefficient (Wildman–Crippen LogP) is 2.82. The average Bonchev–Trinajstić information content (AvgIpc) is 2.94. The Morgan fingerprint density at radius 2 is 2.00 bits per heavy atom. The van der Waals surface area contributed by atoms with Crippen LogP contribution in [0.1, 0.15) is 36.7 Å². The number of ether oxygens (including phenoxy) is 1. The number of amides is 1. The second-order valence-electron chi connectivity index (χ2n) is 7.24. The zero-order valence-corrected chi connectivity index (χ0v) is 15.5. The molecule has 0 saturated heterocycles. The first-order valence-electron chi connectivity index (χ1n) is 8.25. The van der Waals surface area contributed by atoms with E-state index in [4.69, 9.17) is 4.74 Å². The van der Waals surface area contributed by atoms with Gasteiger partial charge in [0.25, 0.3) is 5.91 Å². The largest absolute Gasteiger partial charge is 0.479 e. The fourth-order valence-corrected chi connectivity index (χ4v) is 2.93. The number of rotatable bonds is 3. The van der Waals surface area contributed by atoms with Crippen LogP contribution in [0.3, 0.4) is 0 Å². The molecule has 0 aliphatic heterocycles. The van der Waals surface area contributed by atoms with Gasteiger partial charge < -0.3 is 15.0 Å². The third-order valence-electron chi connectivity index (χ3n) is 4.14. The fourth-order valence-electron chi connectivity index (χ4n) is 2.93. The molecule has 0 unspecified atom stereocenters. The number of aromatic amines is 1. The monoisotopic (exact) mass is 354 g/mol. The van der Waals surface area contributed by atoms with Crippen LogP contribution in [0.15, 0.2) is 35.3 Å². The van der Waals surface area contributed by atoms with Gasteiger partial charge in [0, 0.05) is 30.4 Å². The first-order chi connectivity index (χ1) is 12.2. The molecule has 0 spiro atoms. The van der Waals surface area contributed by atoms with E-state index in [-0.39, 0.29) is 22.8 Å². The molecule has 2 N–H and O–H groups in total. The van der Waals surface area contributed by atoms with Gasteiger partial charge >= 0.3 is 0 Å². The van der Waals surface area contributed by atoms with Crippen LogP contribution in [-0.4, -0.2) is 27.8 Å². The van der Waals surface area contributed by atoms with Crippen molar-refractivity contribution < 1.29 is 9.53 Å². The minimum Gasteiger partial charge on any atom is -0.479 e. The zero-order chi connectivity index (χ0) is 19.1. The number of aromatic nitrogens is 3. The standard InChI is InChI=1S/C19H22N4O3/c1-19(2,3)14-9-16(24)21-15-8-11(6-7-12(14)15)20-17(25)13-10-23(4)22-18(13)26-5/h6-10H,1-5H3,(H,20,25)(H,21,24). The van der Waals surface area contributed by atoms with Crippen molar-refractivity contribution in [3.63, 3.8) is 0 Å². The molecule has 3 rings (SSSR count). The molecule has 0 saturated carbocycles. The predicted molar refractivity (Wildman–Crippen MR) is 101 cm³/mol. The quantitative estimate of drug-likeness (QED) is 0.757. The van der Waals surface area contributed by atoms with Crippen molar-refractivity contribution in [1.29, 1.82) is 0 Å². The summed E-state index contributed by atoms with van der Waals surface area (Å²) in [5.41, 5.74) is 2.23. The molecule has 26 heavy (non-hydrogen) atoms. The van der Waals surface area contributed by atoms with Crippen molar-refractivity contribution in [3.05, 3.63) is 51.9 Å². The molecule has 7 nitrogen and oxygen atoms in total. The van der Waals surface area contributed by atoms with Gasteiger partial charge in [0.2, 0.25) is 11.4 Å². The number of nitrogens with one attached hydrogen (secondary N) is 2. The summed E-state index contributed by atoms with van der Waals surface area (Å²) in [4.78, 5) is 27.4. The number of nitrogens with zero attached hydrogens (tertiary/aromatic N) is 2. The number of fused-ring (bicyclic) bond motifs is 1. The lowest BCUT2D eigenvalue weighted by Gasteiger charge is -2.21. The number of hydrogen-bond acceptors (Lipinski definition) is 4. The second kappa shape index (κ2) is 6.33. The molecule has 0 radical (unpaired) electrons. The Morgan fingerprint density at radius 3 is 2.65 bits per heavy atom. The second-order valence-corrected chi connectivity index (χ2v) is 7.24. The Labute approximate surface area is 151 Å². The summed E-state index contributed by atoms with van der Waals surface area (Å²) in [6.45, 7) is 6.18. The van der Waals surface area contributed by atoms with E-state index in [1.54, 1.807) is 25.4 Å². The normalized spacial score (nSPS) is 11.6. The lowest BCUT2D eigenvalue weighted by atomic mass is 9.85. The molecule has 2 aromatic heterocycles. The number of carbonyl (C=O) groups excluding carboxylic acids is 1. The van der Waals surface area contributed by atoms with Crippen LogP contribution in [0.25, 0.3) is 10.9 Å². The summed E-state index contributed by atoms with van der Waals surface area (Å²) < 4.78 is 6.64. The summed E-state index contributed by atoms with van der Waals surface area (Å²) in [7, 11) is 3.18. The highest BCUT2D eigenvalue weighted by molar-refractivity contribution is 6.06. The maximum absolute atomic E-state index is 12.5. The molecule has 3 aromatic rings. The van der Waals surface area contributed by atoms with Crippen LogP contribution in [0.5, 0.6) is 5.88 Å². The molecular weight excluding hydrogens is 332 g/mol. The summed E-state index contributed by atoms with van der Waals surface area (Å²) in [5.74, 6) is -0.0714. The number of hydrogen-bond donors (Lipinski definition) is 2. The van der Waals surface area contributed by atoms with Crippen molar-refractivity contribution in [2.75, 3.05) is 12.4 Å². The fraction of sp³-hybridized carbons (Fsp3) is 0.316. The van der Waals surface area contributed by atoms with Crippen molar-refractivity contribution >= 4 is 22.5 Å². The van der Waals surface area contributed by atoms with Crippen LogP contribution in [0.2, 0.25) is 0 Å². The van der Waals surface area contributed by atoms with E-state index in [9.17, 15) is 9.59 Å². The van der Waals surface area contributed by atoms with Gasteiger partial charge in [-0.2, -0.15) is 0 Å². The van der Waals surface area contributed by atoms with E-state index in [2.05, 4.69) is 36.2 Å². The van der Waals surface area contributed by atoms with Crippen molar-refractivity contribution in [2.45, 2.75) is 26.2 Å². The van der Waals surface area contributed by atoms with E-state index < -0.39 is 0 Å². The number of benzene rings is 1. The summed E-state index contributed by atoms with van der Waals surface area (Å²) >= 11 is 0. The smallest absolute Gasteiger partial charge is 0.262 e. The molecule has 0 aliphatic rings. The summed E-state index contributed by atoms with van der Waals surface area (Å²) in [5, 5.41) is 7.85. The van der Waals surface area contributed by atoms with E-state index in [1.165, 1.54) is 11.8 Å². The minimum absolute atomic E-state index is 0.166. The van der Waals surface area contributed by atoms with Crippen LogP contribution >= 0.6 is 0 Å². The molecule has 0 aliphatic carbocycles. The molecule has 0 bridgehead atoms. The van der Waals surface area contributed by atoms with Gasteiger partial charge in [-0.15, -0.1) is 5.10 Å². The first kappa shape index (κ1) is 17.7. The molecular formula is C19H22N4O3. The SMILES string of the molecule is COc1nn(C)cc1C(=O)Nc1ccc2c(C(C)(C)C)cc(=O)[nH]c2c1. The Bertz CT molecular complexity index is 1040. The highest BCUT2D eigenvalue weighted by Gasteiger charge is 2.19. The number of pyridine rings is 1. The molecule has 0 fully saturated rings. The number of anilines is 1. The van der Waals surface area contributed by atoms with Gasteiger partial charge in [-0.25, -0.2) is 0 Å². The van der Waals surface area contributed by atoms with E-state index >= 15 is 0 Å². The molecule has 1 amide bonds. The van der Waals surface area contributed by atoms with Gasteiger partial charge in [0.05, 0.1) is 12.6 Å². The lowest BCUT2D eigenvalue weighted by molar-refractivity contribution is 0.102. The van der Waals surface area contributed by atoms with Gasteiger partial charge in [-0.1, -0.05) is 26.8 Å². The van der Waals surface area contributed by atoms with Crippen LogP contribution in [0.4, 0.5) is 5.69 Å². The van der Waals surface area contributed by atoms with Crippen molar-refractivity contribution in [2.24, 2.45) is 7.05 Å². The van der Waals surface area contributed by atoms with Crippen LogP contribution in [0, 0.1) is 0 Å². The van der Waals surface area contributed by atoms with Gasteiger partial charge in [-0.3, -0.25) is 14.3 Å². The maximum Gasteiger partial charge on any atom is 0.262 e. The van der Waals surface area contributed by atoms with Gasteiger partial charge in [0.15, 0.2) is 0 Å². The lowest BCUT2D eigenvalue weighted by Crippen LogP contribution is -2.17. The number of carbonyl (C=O) groups is 1. The number of H-pyrrole nitrogens is 1. The summed E-state index contributed by atoms with van der Waals surface area (Å²) in [6, 6.07) is 7.10. The Morgan fingerprint density at radius 1 is 1.27 bits per heavy atom. The Hall–Kier alpha value is -3.09. The maximum atomic E-state index is 12.5.